The fourth-order valence-corrected chi connectivity index (χ4v) is 1.88. The van der Waals surface area contributed by atoms with Crippen molar-refractivity contribution in [2.75, 3.05) is 0 Å². The van der Waals surface area contributed by atoms with Gasteiger partial charge in [-0.05, 0) is 19.9 Å². The summed E-state index contributed by atoms with van der Waals surface area (Å²) in [5.41, 5.74) is 2.57. The van der Waals surface area contributed by atoms with E-state index in [1.807, 2.05) is 13.8 Å². The van der Waals surface area contributed by atoms with Gasteiger partial charge in [-0.15, -0.1) is 11.3 Å². The number of aromatic nitrogens is 2. The average molecular weight is 248 g/mol. The van der Waals surface area contributed by atoms with Crippen LogP contribution in [0.3, 0.4) is 0 Å². The van der Waals surface area contributed by atoms with E-state index in [9.17, 15) is 4.79 Å². The number of hydrogen-bond donors (Lipinski definition) is 0. The van der Waals surface area contributed by atoms with Crippen molar-refractivity contribution in [2.45, 2.75) is 20.0 Å². The summed E-state index contributed by atoms with van der Waals surface area (Å²) in [5.74, 6) is 0.467. The molecule has 0 N–H and O–H groups in total. The second-order valence-electron chi connectivity index (χ2n) is 3.78. The van der Waals surface area contributed by atoms with E-state index in [1.54, 1.807) is 23.2 Å². The van der Waals surface area contributed by atoms with Gasteiger partial charge in [-0.2, -0.15) is 0 Å². The van der Waals surface area contributed by atoms with E-state index >= 15 is 0 Å². The summed E-state index contributed by atoms with van der Waals surface area (Å²) in [5, 5.41) is 1.72. The quantitative estimate of drug-likeness (QED) is 0.780. The molecule has 0 saturated carbocycles. The van der Waals surface area contributed by atoms with Crippen LogP contribution >= 0.6 is 11.3 Å². The number of ether oxygens (including phenoxy) is 1. The molecule has 0 atom stereocenters. The molecule has 0 aliphatic heterocycles. The summed E-state index contributed by atoms with van der Waals surface area (Å²) in [6, 6.07) is 1.69. The number of thiazole rings is 1. The third-order valence-corrected chi connectivity index (χ3v) is 2.60. The SMILES string of the molecule is CC(C)Oc1cncc(C(=O)c2cscn2)c1. The van der Waals surface area contributed by atoms with Crippen LogP contribution in [0, 0.1) is 0 Å². The predicted octanol–water partition coefficient (Wildman–Crippen LogP) is 2.56. The maximum Gasteiger partial charge on any atom is 0.213 e. The molecule has 88 valence electrons. The highest BCUT2D eigenvalue weighted by molar-refractivity contribution is 7.07. The van der Waals surface area contributed by atoms with Crippen LogP contribution in [0.2, 0.25) is 0 Å². The van der Waals surface area contributed by atoms with Gasteiger partial charge in [-0.25, -0.2) is 4.98 Å². The van der Waals surface area contributed by atoms with Crippen molar-refractivity contribution >= 4 is 17.1 Å². The van der Waals surface area contributed by atoms with Crippen LogP contribution in [0.15, 0.2) is 29.4 Å². The Balaban J connectivity index is 2.24. The van der Waals surface area contributed by atoms with Crippen molar-refractivity contribution in [1.82, 2.24) is 9.97 Å². The molecule has 2 aromatic heterocycles. The summed E-state index contributed by atoms with van der Waals surface area (Å²) in [6.07, 6.45) is 3.17. The molecule has 2 heterocycles. The Morgan fingerprint density at radius 3 is 2.88 bits per heavy atom. The van der Waals surface area contributed by atoms with Crippen LogP contribution in [0.5, 0.6) is 5.75 Å². The number of pyridine rings is 1. The molecule has 0 unspecified atom stereocenters. The van der Waals surface area contributed by atoms with Crippen molar-refractivity contribution in [3.8, 4) is 5.75 Å². The molecular weight excluding hydrogens is 236 g/mol. The van der Waals surface area contributed by atoms with E-state index in [0.717, 1.165) is 0 Å². The summed E-state index contributed by atoms with van der Waals surface area (Å²) in [7, 11) is 0. The van der Waals surface area contributed by atoms with Crippen molar-refractivity contribution in [1.29, 1.82) is 0 Å². The minimum Gasteiger partial charge on any atom is -0.489 e. The molecule has 0 radical (unpaired) electrons. The maximum atomic E-state index is 12.0. The number of ketones is 1. The van der Waals surface area contributed by atoms with Gasteiger partial charge in [-0.3, -0.25) is 9.78 Å². The highest BCUT2D eigenvalue weighted by Crippen LogP contribution is 2.16. The first-order chi connectivity index (χ1) is 8.16. The van der Waals surface area contributed by atoms with Crippen LogP contribution in [0.25, 0.3) is 0 Å². The predicted molar refractivity (Wildman–Crippen MR) is 65.5 cm³/mol. The Kier molecular flexibility index (Phi) is 3.49. The fourth-order valence-electron chi connectivity index (χ4n) is 1.35. The lowest BCUT2D eigenvalue weighted by atomic mass is 10.1. The maximum absolute atomic E-state index is 12.0. The van der Waals surface area contributed by atoms with Crippen molar-refractivity contribution in [3.05, 3.63) is 40.6 Å². The Labute approximate surface area is 103 Å². The summed E-state index contributed by atoms with van der Waals surface area (Å²) < 4.78 is 5.49. The van der Waals surface area contributed by atoms with Gasteiger partial charge in [-0.1, -0.05) is 0 Å². The zero-order valence-electron chi connectivity index (χ0n) is 9.58. The molecule has 0 fully saturated rings. The van der Waals surface area contributed by atoms with E-state index in [1.165, 1.54) is 17.5 Å². The zero-order chi connectivity index (χ0) is 12.3. The van der Waals surface area contributed by atoms with Crippen LogP contribution in [-0.4, -0.2) is 21.9 Å². The van der Waals surface area contributed by atoms with Gasteiger partial charge in [0.25, 0.3) is 0 Å². The molecule has 0 aliphatic carbocycles. The highest BCUT2D eigenvalue weighted by Gasteiger charge is 2.12. The molecule has 2 rings (SSSR count). The summed E-state index contributed by atoms with van der Waals surface area (Å²) in [6.45, 7) is 3.85. The normalized spacial score (nSPS) is 10.5. The van der Waals surface area contributed by atoms with E-state index in [4.69, 9.17) is 4.74 Å². The molecule has 0 bridgehead atoms. The molecule has 0 aromatic carbocycles. The van der Waals surface area contributed by atoms with Gasteiger partial charge in [0.2, 0.25) is 5.78 Å². The zero-order valence-corrected chi connectivity index (χ0v) is 10.4. The van der Waals surface area contributed by atoms with Crippen LogP contribution in [0.4, 0.5) is 0 Å². The second-order valence-corrected chi connectivity index (χ2v) is 4.50. The highest BCUT2D eigenvalue weighted by atomic mass is 32.1. The lowest BCUT2D eigenvalue weighted by Gasteiger charge is -2.09. The first kappa shape index (κ1) is 11.7. The Bertz CT molecular complexity index is 509. The number of nitrogens with zero attached hydrogens (tertiary/aromatic N) is 2. The van der Waals surface area contributed by atoms with Gasteiger partial charge >= 0.3 is 0 Å². The first-order valence-electron chi connectivity index (χ1n) is 5.21. The van der Waals surface area contributed by atoms with Crippen LogP contribution < -0.4 is 4.74 Å². The topological polar surface area (TPSA) is 52.1 Å². The monoisotopic (exact) mass is 248 g/mol. The van der Waals surface area contributed by atoms with E-state index in [-0.39, 0.29) is 11.9 Å². The lowest BCUT2D eigenvalue weighted by molar-refractivity contribution is 0.103. The standard InChI is InChI=1S/C12H12N2O2S/c1-8(2)16-10-3-9(4-13-5-10)12(15)11-6-17-7-14-11/h3-8H,1-2H3. The number of hydrogen-bond acceptors (Lipinski definition) is 5. The number of rotatable bonds is 4. The average Bonchev–Trinajstić information content (AvgIpc) is 2.81. The molecule has 4 nitrogen and oxygen atoms in total. The fraction of sp³-hybridized carbons (Fsp3) is 0.250. The molecule has 0 amide bonds. The number of carbonyl (C=O) groups excluding carboxylic acids is 1. The van der Waals surface area contributed by atoms with Gasteiger partial charge in [0.15, 0.2) is 0 Å². The second kappa shape index (κ2) is 5.05. The molecule has 0 aliphatic rings. The van der Waals surface area contributed by atoms with E-state index in [2.05, 4.69) is 9.97 Å². The van der Waals surface area contributed by atoms with Crippen LogP contribution in [0.1, 0.15) is 29.9 Å². The largest absolute Gasteiger partial charge is 0.489 e. The molecular formula is C12H12N2O2S. The van der Waals surface area contributed by atoms with Crippen molar-refractivity contribution < 1.29 is 9.53 Å². The molecule has 0 saturated heterocycles. The van der Waals surface area contributed by atoms with Gasteiger partial charge in [0.05, 0.1) is 17.8 Å². The van der Waals surface area contributed by atoms with Gasteiger partial charge in [0.1, 0.15) is 11.4 Å². The minimum atomic E-state index is -0.132. The molecule has 0 spiro atoms. The molecule has 5 heteroatoms. The van der Waals surface area contributed by atoms with Crippen molar-refractivity contribution in [3.63, 3.8) is 0 Å². The van der Waals surface area contributed by atoms with E-state index in [0.29, 0.717) is 17.0 Å². The van der Waals surface area contributed by atoms with Gasteiger partial charge in [0, 0.05) is 17.1 Å². The Morgan fingerprint density at radius 2 is 2.24 bits per heavy atom. The van der Waals surface area contributed by atoms with Crippen LogP contribution in [-0.2, 0) is 0 Å². The summed E-state index contributed by atoms with van der Waals surface area (Å²) in [4.78, 5) is 20.0. The molecule has 2 aromatic rings. The molecule has 17 heavy (non-hydrogen) atoms. The number of carbonyl (C=O) groups is 1. The Hall–Kier alpha value is -1.75. The Morgan fingerprint density at radius 1 is 1.41 bits per heavy atom. The lowest BCUT2D eigenvalue weighted by Crippen LogP contribution is -2.08. The third-order valence-electron chi connectivity index (χ3n) is 2.01. The van der Waals surface area contributed by atoms with Gasteiger partial charge < -0.3 is 4.74 Å². The third kappa shape index (κ3) is 2.88. The van der Waals surface area contributed by atoms with Crippen molar-refractivity contribution in [2.24, 2.45) is 0 Å². The summed E-state index contributed by atoms with van der Waals surface area (Å²) >= 11 is 1.39. The smallest absolute Gasteiger partial charge is 0.213 e. The minimum absolute atomic E-state index is 0.0569. The first-order valence-corrected chi connectivity index (χ1v) is 6.15. The van der Waals surface area contributed by atoms with E-state index < -0.39 is 0 Å².